The van der Waals surface area contributed by atoms with Gasteiger partial charge >= 0.3 is 0 Å². The van der Waals surface area contributed by atoms with Crippen molar-refractivity contribution in [3.8, 4) is 0 Å². The molecule has 0 aliphatic carbocycles. The standard InChI is InChI=1S/C11H15BrN2S/c1-8-7-15-5-4-14(8)11-3-2-9(12)6-10(11)13/h2-3,6,8H,4-5,7,13H2,1H3. The molecule has 0 saturated carbocycles. The molecule has 1 aliphatic rings. The minimum absolute atomic E-state index is 0.576. The average Bonchev–Trinajstić information content (AvgIpc) is 2.20. The third-order valence-electron chi connectivity index (χ3n) is 2.67. The van der Waals surface area contributed by atoms with Crippen LogP contribution in [0, 0.1) is 0 Å². The molecule has 2 nitrogen and oxygen atoms in total. The zero-order chi connectivity index (χ0) is 10.8. The van der Waals surface area contributed by atoms with E-state index in [2.05, 4.69) is 39.9 Å². The molecule has 1 fully saturated rings. The highest BCUT2D eigenvalue weighted by Crippen LogP contribution is 2.30. The lowest BCUT2D eigenvalue weighted by Crippen LogP contribution is -2.40. The zero-order valence-corrected chi connectivity index (χ0v) is 11.1. The van der Waals surface area contributed by atoms with Crippen molar-refractivity contribution in [1.82, 2.24) is 0 Å². The Morgan fingerprint density at radius 2 is 2.33 bits per heavy atom. The van der Waals surface area contributed by atoms with E-state index in [1.54, 1.807) is 0 Å². The largest absolute Gasteiger partial charge is 0.397 e. The van der Waals surface area contributed by atoms with E-state index in [4.69, 9.17) is 5.73 Å². The molecule has 2 rings (SSSR count). The molecule has 1 atom stereocenters. The average molecular weight is 287 g/mol. The molecule has 0 spiro atoms. The highest BCUT2D eigenvalue weighted by Gasteiger charge is 2.20. The predicted molar refractivity (Wildman–Crippen MR) is 72.7 cm³/mol. The molecular weight excluding hydrogens is 272 g/mol. The van der Waals surface area contributed by atoms with Gasteiger partial charge in [-0.2, -0.15) is 11.8 Å². The quantitative estimate of drug-likeness (QED) is 0.805. The van der Waals surface area contributed by atoms with Gasteiger partial charge in [-0.3, -0.25) is 0 Å². The van der Waals surface area contributed by atoms with E-state index >= 15 is 0 Å². The van der Waals surface area contributed by atoms with Crippen molar-refractivity contribution >= 4 is 39.1 Å². The van der Waals surface area contributed by atoms with Crippen LogP contribution in [0.2, 0.25) is 0 Å². The van der Waals surface area contributed by atoms with Crippen LogP contribution >= 0.6 is 27.7 Å². The van der Waals surface area contributed by atoms with Crippen LogP contribution in [0.5, 0.6) is 0 Å². The number of halogens is 1. The highest BCUT2D eigenvalue weighted by molar-refractivity contribution is 9.10. The first kappa shape index (κ1) is 11.1. The fourth-order valence-corrected chi connectivity index (χ4v) is 3.26. The smallest absolute Gasteiger partial charge is 0.0603 e. The van der Waals surface area contributed by atoms with E-state index in [1.807, 2.05) is 17.8 Å². The summed E-state index contributed by atoms with van der Waals surface area (Å²) in [5.74, 6) is 2.38. The van der Waals surface area contributed by atoms with Gasteiger partial charge in [-0.05, 0) is 25.1 Å². The third kappa shape index (κ3) is 2.42. The Labute approximate surface area is 103 Å². The van der Waals surface area contributed by atoms with E-state index in [0.717, 1.165) is 16.7 Å². The summed E-state index contributed by atoms with van der Waals surface area (Å²) in [6, 6.07) is 6.71. The minimum atomic E-state index is 0.576. The second-order valence-electron chi connectivity index (χ2n) is 3.82. The number of benzene rings is 1. The van der Waals surface area contributed by atoms with Crippen LogP contribution in [0.4, 0.5) is 11.4 Å². The van der Waals surface area contributed by atoms with Crippen molar-refractivity contribution in [2.45, 2.75) is 13.0 Å². The summed E-state index contributed by atoms with van der Waals surface area (Å²) < 4.78 is 1.04. The summed E-state index contributed by atoms with van der Waals surface area (Å²) in [5.41, 5.74) is 8.07. The monoisotopic (exact) mass is 286 g/mol. The van der Waals surface area contributed by atoms with E-state index in [-0.39, 0.29) is 0 Å². The van der Waals surface area contributed by atoms with Gasteiger partial charge in [0.25, 0.3) is 0 Å². The number of nitrogen functional groups attached to an aromatic ring is 1. The molecule has 1 aromatic carbocycles. The first-order chi connectivity index (χ1) is 7.18. The molecule has 15 heavy (non-hydrogen) atoms. The lowest BCUT2D eigenvalue weighted by atomic mass is 10.2. The Morgan fingerprint density at radius 1 is 1.53 bits per heavy atom. The van der Waals surface area contributed by atoms with Gasteiger partial charge in [0, 0.05) is 28.6 Å². The maximum absolute atomic E-state index is 6.04. The Kier molecular flexibility index (Phi) is 3.46. The molecule has 0 amide bonds. The van der Waals surface area contributed by atoms with Crippen LogP contribution in [-0.2, 0) is 0 Å². The summed E-state index contributed by atoms with van der Waals surface area (Å²) in [6.07, 6.45) is 0. The van der Waals surface area contributed by atoms with Gasteiger partial charge in [-0.15, -0.1) is 0 Å². The normalized spacial score (nSPS) is 21.7. The third-order valence-corrected chi connectivity index (χ3v) is 4.35. The first-order valence-electron chi connectivity index (χ1n) is 5.08. The molecule has 1 aliphatic heterocycles. The van der Waals surface area contributed by atoms with Crippen molar-refractivity contribution in [2.24, 2.45) is 0 Å². The Morgan fingerprint density at radius 3 is 3.00 bits per heavy atom. The topological polar surface area (TPSA) is 29.3 Å². The maximum Gasteiger partial charge on any atom is 0.0603 e. The van der Waals surface area contributed by atoms with Crippen LogP contribution in [0.25, 0.3) is 0 Å². The summed E-state index contributed by atoms with van der Waals surface area (Å²) in [7, 11) is 0. The molecule has 0 radical (unpaired) electrons. The van der Waals surface area contributed by atoms with Gasteiger partial charge in [-0.25, -0.2) is 0 Å². The molecule has 1 saturated heterocycles. The van der Waals surface area contributed by atoms with Gasteiger partial charge in [0.15, 0.2) is 0 Å². The Balaban J connectivity index is 2.27. The van der Waals surface area contributed by atoms with Gasteiger partial charge in [0.1, 0.15) is 0 Å². The Hall–Kier alpha value is -0.350. The molecule has 4 heteroatoms. The highest BCUT2D eigenvalue weighted by atomic mass is 79.9. The second kappa shape index (κ2) is 4.66. The molecule has 0 aromatic heterocycles. The lowest BCUT2D eigenvalue weighted by molar-refractivity contribution is 0.701. The molecule has 0 bridgehead atoms. The van der Waals surface area contributed by atoms with Crippen LogP contribution in [0.3, 0.4) is 0 Å². The van der Waals surface area contributed by atoms with Crippen molar-refractivity contribution in [3.05, 3.63) is 22.7 Å². The number of thioether (sulfide) groups is 1. The fourth-order valence-electron chi connectivity index (χ4n) is 1.87. The number of nitrogens with two attached hydrogens (primary N) is 1. The van der Waals surface area contributed by atoms with E-state index in [1.165, 1.54) is 17.2 Å². The summed E-state index contributed by atoms with van der Waals surface area (Å²) in [6.45, 7) is 3.35. The Bertz CT molecular complexity index is 356. The van der Waals surface area contributed by atoms with Crippen molar-refractivity contribution < 1.29 is 0 Å². The summed E-state index contributed by atoms with van der Waals surface area (Å²) in [5, 5.41) is 0. The van der Waals surface area contributed by atoms with Crippen LogP contribution in [-0.4, -0.2) is 24.1 Å². The molecule has 1 aromatic rings. The number of hydrogen-bond acceptors (Lipinski definition) is 3. The molecule has 82 valence electrons. The first-order valence-corrected chi connectivity index (χ1v) is 7.02. The minimum Gasteiger partial charge on any atom is -0.397 e. The van der Waals surface area contributed by atoms with Gasteiger partial charge in [0.2, 0.25) is 0 Å². The molecule has 1 unspecified atom stereocenters. The summed E-state index contributed by atoms with van der Waals surface area (Å²) >= 11 is 5.45. The van der Waals surface area contributed by atoms with Gasteiger partial charge in [0.05, 0.1) is 11.4 Å². The second-order valence-corrected chi connectivity index (χ2v) is 5.89. The number of hydrogen-bond donors (Lipinski definition) is 1. The number of rotatable bonds is 1. The van der Waals surface area contributed by atoms with Crippen LogP contribution in [0.1, 0.15) is 6.92 Å². The lowest BCUT2D eigenvalue weighted by Gasteiger charge is -2.35. The van der Waals surface area contributed by atoms with Crippen molar-refractivity contribution in [3.63, 3.8) is 0 Å². The van der Waals surface area contributed by atoms with E-state index in [9.17, 15) is 0 Å². The van der Waals surface area contributed by atoms with Gasteiger partial charge in [-0.1, -0.05) is 15.9 Å². The van der Waals surface area contributed by atoms with E-state index < -0.39 is 0 Å². The molecular formula is C11H15BrN2S. The number of nitrogens with zero attached hydrogens (tertiary/aromatic N) is 1. The summed E-state index contributed by atoms with van der Waals surface area (Å²) in [4.78, 5) is 2.40. The van der Waals surface area contributed by atoms with Crippen molar-refractivity contribution in [2.75, 3.05) is 28.7 Å². The van der Waals surface area contributed by atoms with Gasteiger partial charge < -0.3 is 10.6 Å². The number of anilines is 2. The van der Waals surface area contributed by atoms with Crippen LogP contribution in [0.15, 0.2) is 22.7 Å². The fraction of sp³-hybridized carbons (Fsp3) is 0.455. The van der Waals surface area contributed by atoms with E-state index in [0.29, 0.717) is 6.04 Å². The van der Waals surface area contributed by atoms with Crippen molar-refractivity contribution in [1.29, 1.82) is 0 Å². The van der Waals surface area contributed by atoms with Crippen LogP contribution < -0.4 is 10.6 Å². The molecule has 1 heterocycles. The molecule has 2 N–H and O–H groups in total. The zero-order valence-electron chi connectivity index (χ0n) is 8.74. The predicted octanol–water partition coefficient (Wildman–Crippen LogP) is 2.97. The SMILES string of the molecule is CC1CSCCN1c1ccc(Br)cc1N. The maximum atomic E-state index is 6.04.